The minimum absolute atomic E-state index is 0.154. The number of carbonyl (C=O) groups is 1. The Kier molecular flexibility index (Phi) is 8.93. The van der Waals surface area contributed by atoms with Gasteiger partial charge in [0.2, 0.25) is 0 Å². The zero-order valence-corrected chi connectivity index (χ0v) is 25.5. The second kappa shape index (κ2) is 12.8. The van der Waals surface area contributed by atoms with Crippen molar-refractivity contribution in [1.29, 1.82) is 0 Å². The average molecular weight is 646 g/mol. The van der Waals surface area contributed by atoms with E-state index in [1.54, 1.807) is 29.3 Å². The number of ether oxygens (including phenoxy) is 2. The number of hydrogen-bond donors (Lipinski definition) is 0. The first-order valence-electron chi connectivity index (χ1n) is 12.7. The molecule has 0 N–H and O–H groups in total. The van der Waals surface area contributed by atoms with Crippen molar-refractivity contribution in [3.8, 4) is 18.1 Å². The molecule has 1 aromatic heterocycles. The molecule has 0 radical (unpaired) electrons. The molecule has 1 aliphatic heterocycles. The van der Waals surface area contributed by atoms with Crippen LogP contribution in [0.5, 0.6) is 5.75 Å². The largest absolute Gasteiger partial charge is 0.480 e. The lowest BCUT2D eigenvalue weighted by atomic mass is 9.93. The summed E-state index contributed by atoms with van der Waals surface area (Å²) in [4.78, 5) is 34.1. The number of halogens is 1. The van der Waals surface area contributed by atoms with Gasteiger partial charge in [-0.25, -0.2) is 9.79 Å². The Morgan fingerprint density at radius 3 is 2.59 bits per heavy atom. The molecule has 0 bridgehead atoms. The number of hydrogen-bond acceptors (Lipinski definition) is 7. The summed E-state index contributed by atoms with van der Waals surface area (Å²) in [5.74, 6) is 2.56. The fourth-order valence-corrected chi connectivity index (χ4v) is 6.46. The lowest BCUT2D eigenvalue weighted by Crippen LogP contribution is -2.40. The first kappa shape index (κ1) is 28.7. The molecular formula is C32H25BrN2O4S2. The molecule has 0 amide bonds. The summed E-state index contributed by atoms with van der Waals surface area (Å²) in [6, 6.07) is 22.2. The van der Waals surface area contributed by atoms with Crippen LogP contribution in [0, 0.1) is 12.3 Å². The molecular weight excluding hydrogens is 620 g/mol. The van der Waals surface area contributed by atoms with Crippen molar-refractivity contribution in [1.82, 2.24) is 4.57 Å². The normalized spacial score (nSPS) is 14.7. The van der Waals surface area contributed by atoms with E-state index in [2.05, 4.69) is 21.9 Å². The van der Waals surface area contributed by atoms with Crippen molar-refractivity contribution in [2.45, 2.75) is 17.9 Å². The van der Waals surface area contributed by atoms with Gasteiger partial charge in [0.15, 0.2) is 4.80 Å². The standard InChI is InChI=1S/C32H25BrN2O4S2/c1-4-17-39-25-16-11-20(18-24(25)33)19-26-30(36)35-29(22-12-14-23(40-3)15-13-22)27(31(37)38-5-2)28(34-32(35)41-26)21-9-7-6-8-10-21/h1,6-16,18-19,29H,5,17H2,2-3H3/b26-19-/t29-/m0/s1. The van der Waals surface area contributed by atoms with Crippen molar-refractivity contribution in [3.63, 3.8) is 0 Å². The van der Waals surface area contributed by atoms with Crippen molar-refractivity contribution in [2.75, 3.05) is 19.5 Å². The Balaban J connectivity index is 1.74. The number of terminal acetylenes is 1. The fraction of sp³-hybridized carbons (Fsp3) is 0.156. The molecule has 41 heavy (non-hydrogen) atoms. The third kappa shape index (κ3) is 5.96. The summed E-state index contributed by atoms with van der Waals surface area (Å²) < 4.78 is 13.9. The van der Waals surface area contributed by atoms with E-state index in [-0.39, 0.29) is 18.8 Å². The van der Waals surface area contributed by atoms with E-state index in [0.717, 1.165) is 26.1 Å². The molecule has 1 aliphatic rings. The Bertz CT molecular complexity index is 1850. The second-order valence-corrected chi connectivity index (χ2v) is 11.6. The minimum Gasteiger partial charge on any atom is -0.480 e. The van der Waals surface area contributed by atoms with Crippen LogP contribution in [-0.2, 0) is 9.53 Å². The van der Waals surface area contributed by atoms with Crippen LogP contribution in [0.3, 0.4) is 0 Å². The average Bonchev–Trinajstić information content (AvgIpc) is 3.30. The summed E-state index contributed by atoms with van der Waals surface area (Å²) >= 11 is 6.42. The highest BCUT2D eigenvalue weighted by atomic mass is 79.9. The van der Waals surface area contributed by atoms with Gasteiger partial charge in [0.25, 0.3) is 5.56 Å². The lowest BCUT2D eigenvalue weighted by molar-refractivity contribution is -0.138. The Morgan fingerprint density at radius 1 is 1.17 bits per heavy atom. The van der Waals surface area contributed by atoms with Crippen LogP contribution in [0.2, 0.25) is 0 Å². The highest BCUT2D eigenvalue weighted by Gasteiger charge is 2.35. The molecule has 1 atom stereocenters. The van der Waals surface area contributed by atoms with Gasteiger partial charge in [-0.2, -0.15) is 0 Å². The molecule has 0 spiro atoms. The van der Waals surface area contributed by atoms with Gasteiger partial charge >= 0.3 is 5.97 Å². The Morgan fingerprint density at radius 2 is 1.93 bits per heavy atom. The molecule has 6 nitrogen and oxygen atoms in total. The molecule has 2 heterocycles. The van der Waals surface area contributed by atoms with Gasteiger partial charge in [0.05, 0.1) is 32.9 Å². The summed E-state index contributed by atoms with van der Waals surface area (Å²) in [6.07, 6.45) is 9.12. The van der Waals surface area contributed by atoms with Crippen molar-refractivity contribution in [2.24, 2.45) is 4.99 Å². The van der Waals surface area contributed by atoms with Gasteiger partial charge in [-0.3, -0.25) is 9.36 Å². The van der Waals surface area contributed by atoms with E-state index in [9.17, 15) is 9.59 Å². The van der Waals surface area contributed by atoms with Gasteiger partial charge in [0, 0.05) is 10.5 Å². The summed E-state index contributed by atoms with van der Waals surface area (Å²) in [6.45, 7) is 2.11. The summed E-state index contributed by atoms with van der Waals surface area (Å²) in [5.41, 5.74) is 2.93. The summed E-state index contributed by atoms with van der Waals surface area (Å²) in [5, 5.41) is 0. The number of nitrogens with zero attached hydrogens (tertiary/aromatic N) is 2. The molecule has 9 heteroatoms. The van der Waals surface area contributed by atoms with E-state index in [4.69, 9.17) is 20.9 Å². The summed E-state index contributed by atoms with van der Waals surface area (Å²) in [7, 11) is 0. The van der Waals surface area contributed by atoms with Crippen LogP contribution in [0.15, 0.2) is 97.5 Å². The number of fused-ring (bicyclic) bond motifs is 1. The number of thioether (sulfide) groups is 1. The molecule has 0 fully saturated rings. The molecule has 0 saturated heterocycles. The van der Waals surface area contributed by atoms with Crippen LogP contribution in [0.25, 0.3) is 11.8 Å². The predicted molar refractivity (Wildman–Crippen MR) is 168 cm³/mol. The third-order valence-electron chi connectivity index (χ3n) is 6.37. The molecule has 0 aliphatic carbocycles. The maximum atomic E-state index is 14.0. The number of esters is 1. The molecule has 0 saturated carbocycles. The number of rotatable bonds is 8. The lowest BCUT2D eigenvalue weighted by Gasteiger charge is -2.26. The topological polar surface area (TPSA) is 69.9 Å². The van der Waals surface area contributed by atoms with Crippen LogP contribution in [0.4, 0.5) is 0 Å². The van der Waals surface area contributed by atoms with Crippen molar-refractivity contribution >= 4 is 56.8 Å². The van der Waals surface area contributed by atoms with Gasteiger partial charge in [-0.15, -0.1) is 18.2 Å². The second-order valence-electron chi connectivity index (χ2n) is 8.89. The van der Waals surface area contributed by atoms with Gasteiger partial charge in [-0.1, -0.05) is 65.8 Å². The first-order chi connectivity index (χ1) is 19.9. The zero-order chi connectivity index (χ0) is 28.9. The zero-order valence-electron chi connectivity index (χ0n) is 22.3. The smallest absolute Gasteiger partial charge is 0.338 e. The van der Waals surface area contributed by atoms with Crippen LogP contribution in [0.1, 0.15) is 29.7 Å². The van der Waals surface area contributed by atoms with Gasteiger partial charge in [-0.05, 0) is 70.6 Å². The number of carbonyl (C=O) groups excluding carboxylic acids is 1. The molecule has 206 valence electrons. The van der Waals surface area contributed by atoms with Gasteiger partial charge < -0.3 is 9.47 Å². The number of benzene rings is 3. The van der Waals surface area contributed by atoms with E-state index in [0.29, 0.717) is 26.4 Å². The monoisotopic (exact) mass is 644 g/mol. The van der Waals surface area contributed by atoms with Crippen molar-refractivity contribution < 1.29 is 14.3 Å². The SMILES string of the molecule is C#CCOc1ccc(/C=c2\sc3n(c2=O)[C@@H](c2ccc(SC)cc2)C(C(=O)OCC)=C(c2ccccc2)N=3)cc1Br. The molecule has 5 rings (SSSR count). The third-order valence-corrected chi connectivity index (χ3v) is 8.72. The van der Waals surface area contributed by atoms with Crippen LogP contribution < -0.4 is 19.6 Å². The highest BCUT2D eigenvalue weighted by molar-refractivity contribution is 9.10. The Labute approximate surface area is 254 Å². The minimum atomic E-state index is -0.718. The van der Waals surface area contributed by atoms with Gasteiger partial charge in [0.1, 0.15) is 12.4 Å². The predicted octanol–water partition coefficient (Wildman–Crippen LogP) is 5.43. The molecule has 3 aromatic carbocycles. The van der Waals surface area contributed by atoms with E-state index in [1.165, 1.54) is 11.3 Å². The molecule has 4 aromatic rings. The fourth-order valence-electron chi connectivity index (χ4n) is 4.54. The van der Waals surface area contributed by atoms with E-state index in [1.807, 2.05) is 79.1 Å². The number of thiazole rings is 1. The van der Waals surface area contributed by atoms with E-state index >= 15 is 0 Å². The quantitative estimate of drug-likeness (QED) is 0.145. The van der Waals surface area contributed by atoms with Crippen LogP contribution in [-0.4, -0.2) is 30.0 Å². The van der Waals surface area contributed by atoms with E-state index < -0.39 is 12.0 Å². The number of aromatic nitrogens is 1. The maximum absolute atomic E-state index is 14.0. The maximum Gasteiger partial charge on any atom is 0.338 e. The van der Waals surface area contributed by atoms with Crippen LogP contribution >= 0.6 is 39.0 Å². The molecule has 0 unspecified atom stereocenters. The Hall–Kier alpha value is -3.84. The first-order valence-corrected chi connectivity index (χ1v) is 15.6. The van der Waals surface area contributed by atoms with Crippen molar-refractivity contribution in [3.05, 3.63) is 119 Å². The highest BCUT2D eigenvalue weighted by Crippen LogP contribution is 2.35.